The summed E-state index contributed by atoms with van der Waals surface area (Å²) >= 11 is 0. The molecule has 0 aliphatic carbocycles. The minimum Gasteiger partial charge on any atom is -0.618 e. The monoisotopic (exact) mass is 287 g/mol. The van der Waals surface area contributed by atoms with Crippen molar-refractivity contribution in [1.29, 1.82) is 0 Å². The molecular formula is C15H17N3O3. The summed E-state index contributed by atoms with van der Waals surface area (Å²) in [6, 6.07) is 8.11. The molecule has 0 bridgehead atoms. The smallest absolute Gasteiger partial charge is 0.289 e. The zero-order valence-corrected chi connectivity index (χ0v) is 11.7. The van der Waals surface area contributed by atoms with Crippen LogP contribution in [-0.4, -0.2) is 22.9 Å². The maximum absolute atomic E-state index is 12.4. The lowest BCUT2D eigenvalue weighted by Crippen LogP contribution is -2.38. The summed E-state index contributed by atoms with van der Waals surface area (Å²) in [7, 11) is 0. The van der Waals surface area contributed by atoms with Crippen LogP contribution in [0.2, 0.25) is 0 Å². The third-order valence-electron chi connectivity index (χ3n) is 3.99. The van der Waals surface area contributed by atoms with Gasteiger partial charge in [-0.25, -0.2) is 0 Å². The van der Waals surface area contributed by atoms with Crippen molar-refractivity contribution in [3.63, 3.8) is 0 Å². The van der Waals surface area contributed by atoms with Crippen LogP contribution in [0.4, 0.5) is 5.69 Å². The van der Waals surface area contributed by atoms with Crippen molar-refractivity contribution in [2.75, 3.05) is 13.1 Å². The van der Waals surface area contributed by atoms with Crippen molar-refractivity contribution in [3.05, 3.63) is 51.3 Å². The number of nitro groups is 1. The summed E-state index contributed by atoms with van der Waals surface area (Å²) in [5, 5.41) is 24.1. The van der Waals surface area contributed by atoms with E-state index >= 15 is 0 Å². The van der Waals surface area contributed by atoms with Gasteiger partial charge in [-0.05, 0) is 32.0 Å². The fourth-order valence-corrected chi connectivity index (χ4v) is 2.92. The van der Waals surface area contributed by atoms with Crippen molar-refractivity contribution in [1.82, 2.24) is 4.90 Å². The molecule has 3 rings (SSSR count). The largest absolute Gasteiger partial charge is 0.618 e. The van der Waals surface area contributed by atoms with Gasteiger partial charge in [0.2, 0.25) is 11.2 Å². The lowest BCUT2D eigenvalue weighted by Gasteiger charge is -2.25. The maximum atomic E-state index is 12.4. The molecule has 1 saturated heterocycles. The van der Waals surface area contributed by atoms with E-state index in [2.05, 4.69) is 4.90 Å². The van der Waals surface area contributed by atoms with Crippen LogP contribution in [0.5, 0.6) is 0 Å². The van der Waals surface area contributed by atoms with Crippen molar-refractivity contribution in [2.45, 2.75) is 25.8 Å². The summed E-state index contributed by atoms with van der Waals surface area (Å²) in [5.74, 6) is 0. The van der Waals surface area contributed by atoms with Gasteiger partial charge in [0.15, 0.2) is 0 Å². The second-order valence-corrected chi connectivity index (χ2v) is 5.43. The minimum atomic E-state index is -0.415. The maximum Gasteiger partial charge on any atom is 0.289 e. The van der Waals surface area contributed by atoms with Gasteiger partial charge >= 0.3 is 0 Å². The van der Waals surface area contributed by atoms with Crippen LogP contribution < -0.4 is 4.73 Å². The number of benzene rings is 1. The van der Waals surface area contributed by atoms with Crippen LogP contribution >= 0.6 is 0 Å². The molecule has 0 amide bonds. The Balaban J connectivity index is 2.05. The number of hydrogen-bond donors (Lipinski definition) is 0. The van der Waals surface area contributed by atoms with E-state index in [1.807, 2.05) is 0 Å². The van der Waals surface area contributed by atoms with Crippen molar-refractivity contribution in [3.8, 4) is 0 Å². The molecular weight excluding hydrogens is 270 g/mol. The van der Waals surface area contributed by atoms with Gasteiger partial charge in [-0.1, -0.05) is 18.6 Å². The zero-order chi connectivity index (χ0) is 14.8. The molecule has 6 nitrogen and oxygen atoms in total. The molecule has 110 valence electrons. The normalized spacial score (nSPS) is 16.2. The van der Waals surface area contributed by atoms with E-state index < -0.39 is 4.92 Å². The Labute approximate surface area is 122 Å². The number of nitrogens with zero attached hydrogens (tertiary/aromatic N) is 3. The molecule has 0 unspecified atom stereocenters. The molecule has 0 N–H and O–H groups in total. The Morgan fingerprint density at radius 3 is 2.62 bits per heavy atom. The fraction of sp³-hybridized carbons (Fsp3) is 0.400. The van der Waals surface area contributed by atoms with E-state index in [9.17, 15) is 15.3 Å². The number of para-hydroxylation sites is 1. The minimum absolute atomic E-state index is 0.00436. The van der Waals surface area contributed by atoms with Crippen LogP contribution in [-0.2, 0) is 6.54 Å². The summed E-state index contributed by atoms with van der Waals surface area (Å²) < 4.78 is 0.830. The van der Waals surface area contributed by atoms with Gasteiger partial charge in [-0.2, -0.15) is 4.73 Å². The summed E-state index contributed by atoms with van der Waals surface area (Å²) in [6.45, 7) is 2.36. The molecule has 1 aromatic carbocycles. The molecule has 1 aliphatic heterocycles. The average molecular weight is 287 g/mol. The Bertz CT molecular complexity index is 681. The Morgan fingerprint density at radius 1 is 1.19 bits per heavy atom. The van der Waals surface area contributed by atoms with Gasteiger partial charge in [0.1, 0.15) is 5.39 Å². The van der Waals surface area contributed by atoms with E-state index in [-0.39, 0.29) is 5.69 Å². The van der Waals surface area contributed by atoms with Gasteiger partial charge in [-0.3, -0.25) is 15.0 Å². The van der Waals surface area contributed by atoms with Crippen molar-refractivity contribution in [2.24, 2.45) is 0 Å². The second-order valence-electron chi connectivity index (χ2n) is 5.43. The fourth-order valence-electron chi connectivity index (χ4n) is 2.92. The van der Waals surface area contributed by atoms with Crippen molar-refractivity contribution < 1.29 is 9.65 Å². The van der Waals surface area contributed by atoms with Crippen LogP contribution in [0.15, 0.2) is 30.3 Å². The summed E-state index contributed by atoms with van der Waals surface area (Å²) in [6.07, 6.45) is 3.45. The topological polar surface area (TPSA) is 73.3 Å². The van der Waals surface area contributed by atoms with Gasteiger partial charge < -0.3 is 5.21 Å². The Hall–Kier alpha value is -2.21. The zero-order valence-electron chi connectivity index (χ0n) is 11.7. The van der Waals surface area contributed by atoms with Gasteiger partial charge in [0.25, 0.3) is 5.69 Å². The number of fused-ring (bicyclic) bond motifs is 1. The molecule has 0 spiro atoms. The number of hydrogen-bond acceptors (Lipinski definition) is 4. The molecule has 1 aliphatic rings. The average Bonchev–Trinajstić information content (AvgIpc) is 2.51. The summed E-state index contributed by atoms with van der Waals surface area (Å²) in [5.41, 5.74) is 0.811. The predicted octanol–water partition coefficient (Wildman–Crippen LogP) is 2.37. The molecule has 6 heteroatoms. The standard InChI is InChI=1S/C15H17N3O3/c19-17-12(11-16-8-4-1-5-9-16)10-15(18(20)21)13-6-2-3-7-14(13)17/h2-3,6-7,10H,1,4-5,8-9,11H2. The van der Waals surface area contributed by atoms with Crippen LogP contribution in [0, 0.1) is 15.3 Å². The number of likely N-dealkylation sites (tertiary alicyclic amines) is 1. The molecule has 0 atom stereocenters. The molecule has 0 saturated carbocycles. The number of pyridine rings is 1. The Morgan fingerprint density at radius 2 is 1.90 bits per heavy atom. The van der Waals surface area contributed by atoms with Gasteiger partial charge in [0.05, 0.1) is 17.5 Å². The first-order valence-electron chi connectivity index (χ1n) is 7.18. The van der Waals surface area contributed by atoms with Gasteiger partial charge in [-0.15, -0.1) is 0 Å². The molecule has 2 aromatic rings. The first-order chi connectivity index (χ1) is 10.2. The third-order valence-corrected chi connectivity index (χ3v) is 3.99. The molecule has 21 heavy (non-hydrogen) atoms. The van der Waals surface area contributed by atoms with E-state index in [4.69, 9.17) is 0 Å². The highest BCUT2D eigenvalue weighted by atomic mass is 16.6. The summed E-state index contributed by atoms with van der Waals surface area (Å²) in [4.78, 5) is 13.0. The van der Waals surface area contributed by atoms with Crippen LogP contribution in [0.1, 0.15) is 25.0 Å². The molecule has 2 heterocycles. The SMILES string of the molecule is O=[N+]([O-])c1cc(CN2CCCCC2)[n+]([O-])c2ccccc12. The first-order valence-corrected chi connectivity index (χ1v) is 7.18. The van der Waals surface area contributed by atoms with Crippen LogP contribution in [0.25, 0.3) is 10.9 Å². The third kappa shape index (κ3) is 2.67. The second kappa shape index (κ2) is 5.65. The highest BCUT2D eigenvalue weighted by Crippen LogP contribution is 2.24. The van der Waals surface area contributed by atoms with E-state index in [1.54, 1.807) is 24.3 Å². The van der Waals surface area contributed by atoms with Crippen LogP contribution in [0.3, 0.4) is 0 Å². The first kappa shape index (κ1) is 13.8. The number of rotatable bonds is 3. The number of aromatic nitrogens is 1. The Kier molecular flexibility index (Phi) is 3.70. The van der Waals surface area contributed by atoms with Gasteiger partial charge in [0, 0.05) is 6.07 Å². The number of piperidine rings is 1. The molecule has 0 radical (unpaired) electrons. The van der Waals surface area contributed by atoms with E-state index in [1.165, 1.54) is 12.5 Å². The molecule has 1 aromatic heterocycles. The lowest BCUT2D eigenvalue weighted by atomic mass is 10.1. The van der Waals surface area contributed by atoms with E-state index in [0.29, 0.717) is 23.1 Å². The van der Waals surface area contributed by atoms with E-state index in [0.717, 1.165) is 30.7 Å². The quantitative estimate of drug-likeness (QED) is 0.376. The van der Waals surface area contributed by atoms with Crippen molar-refractivity contribution >= 4 is 16.6 Å². The predicted molar refractivity (Wildman–Crippen MR) is 78.7 cm³/mol. The highest BCUT2D eigenvalue weighted by Gasteiger charge is 2.24. The molecule has 1 fully saturated rings. The highest BCUT2D eigenvalue weighted by molar-refractivity contribution is 5.85. The lowest BCUT2D eigenvalue weighted by molar-refractivity contribution is -0.588.